The van der Waals surface area contributed by atoms with Crippen molar-refractivity contribution in [2.75, 3.05) is 38.4 Å². The molecule has 0 saturated heterocycles. The number of ketones is 2. The molecule has 0 bridgehead atoms. The normalized spacial score (nSPS) is 24.2. The number of aliphatic hydroxyl groups excluding tert-OH is 2. The number of carbonyl (C=O) groups is 4. The Morgan fingerprint density at radius 3 is 2.24 bits per heavy atom. The van der Waals surface area contributed by atoms with Crippen molar-refractivity contribution in [1.29, 1.82) is 0 Å². The number of phenols is 1. The number of rotatable bonds is 6. The van der Waals surface area contributed by atoms with Crippen molar-refractivity contribution in [1.82, 2.24) is 4.90 Å². The highest BCUT2D eigenvalue weighted by molar-refractivity contribution is 6.24. The fourth-order valence-electron chi connectivity index (χ4n) is 6.72. The molecule has 3 aliphatic carbocycles. The molecule has 0 heterocycles. The number of aliphatic hydroxyl groups is 3. The van der Waals surface area contributed by atoms with E-state index < -0.39 is 74.6 Å². The lowest BCUT2D eigenvalue weighted by atomic mass is 9.57. The number of nitro benzene ring substituents is 1. The Labute approximate surface area is 256 Å². The van der Waals surface area contributed by atoms with Gasteiger partial charge in [0.2, 0.25) is 5.78 Å². The Balaban J connectivity index is 1.65. The summed E-state index contributed by atoms with van der Waals surface area (Å²) < 4.78 is 0. The number of primary amides is 1. The molecular weight excluding hydrogens is 590 g/mol. The van der Waals surface area contributed by atoms with E-state index in [0.717, 1.165) is 12.1 Å². The van der Waals surface area contributed by atoms with Crippen LogP contribution in [0.1, 0.15) is 27.9 Å². The quantitative estimate of drug-likeness (QED) is 0.115. The van der Waals surface area contributed by atoms with Crippen LogP contribution in [0.25, 0.3) is 5.76 Å². The van der Waals surface area contributed by atoms with E-state index in [4.69, 9.17) is 5.73 Å². The van der Waals surface area contributed by atoms with Crippen molar-refractivity contribution >= 4 is 46.2 Å². The molecule has 0 radical (unpaired) electrons. The van der Waals surface area contributed by atoms with E-state index in [1.807, 2.05) is 0 Å². The van der Waals surface area contributed by atoms with E-state index in [0.29, 0.717) is 11.3 Å². The van der Waals surface area contributed by atoms with Crippen molar-refractivity contribution < 1.29 is 44.5 Å². The lowest BCUT2D eigenvalue weighted by Gasteiger charge is -2.50. The standard InChI is InChI=1S/C30H31N5O10/c1-33(2)18-11-17(32-29(42)12-5-7-14(8-6-12)35(44)45)23(36)20-15(18)9-13-10-16-22(34(3)4)25(38)21(28(31)41)27(40)30(16,43)26(39)19(13)24(20)37/h5-8,11,13,16,22,36-37,40,43H,9-10H2,1-4H3,(H2,31,41)(H,32,42)/t13?,16?,22-,30-/m0/s1. The molecule has 15 heteroatoms. The van der Waals surface area contributed by atoms with Gasteiger partial charge in [-0.25, -0.2) is 0 Å². The van der Waals surface area contributed by atoms with Gasteiger partial charge in [-0.05, 0) is 56.6 Å². The number of hydrogen-bond donors (Lipinski definition) is 6. The average Bonchev–Trinajstić information content (AvgIpc) is 2.95. The van der Waals surface area contributed by atoms with Crippen LogP contribution < -0.4 is 16.0 Å². The molecule has 45 heavy (non-hydrogen) atoms. The second-order valence-corrected chi connectivity index (χ2v) is 11.8. The number of nitrogens with two attached hydrogens (primary N) is 1. The predicted octanol–water partition coefficient (Wildman–Crippen LogP) is 1.19. The van der Waals surface area contributed by atoms with Crippen molar-refractivity contribution in [3.63, 3.8) is 0 Å². The average molecular weight is 622 g/mol. The first-order chi connectivity index (χ1) is 21.0. The number of nitrogens with zero attached hydrogens (tertiary/aromatic N) is 3. The molecule has 2 aromatic rings. The van der Waals surface area contributed by atoms with E-state index >= 15 is 0 Å². The number of hydrogen-bond acceptors (Lipinski definition) is 12. The first kappa shape index (κ1) is 31.2. The van der Waals surface area contributed by atoms with Crippen molar-refractivity contribution in [3.8, 4) is 5.75 Å². The molecule has 2 amide bonds. The Bertz CT molecular complexity index is 1760. The molecule has 3 aliphatic rings. The van der Waals surface area contributed by atoms with Crippen molar-refractivity contribution in [2.24, 2.45) is 17.6 Å². The Morgan fingerprint density at radius 1 is 1.09 bits per heavy atom. The van der Waals surface area contributed by atoms with Gasteiger partial charge in [-0.1, -0.05) is 0 Å². The predicted molar refractivity (Wildman–Crippen MR) is 160 cm³/mol. The maximum absolute atomic E-state index is 14.1. The van der Waals surface area contributed by atoms with Gasteiger partial charge < -0.3 is 36.4 Å². The third kappa shape index (κ3) is 4.58. The first-order valence-electron chi connectivity index (χ1n) is 13.8. The molecular formula is C30H31N5O10. The van der Waals surface area contributed by atoms with E-state index in [2.05, 4.69) is 5.32 Å². The number of anilines is 2. The van der Waals surface area contributed by atoms with Gasteiger partial charge in [-0.15, -0.1) is 0 Å². The van der Waals surface area contributed by atoms with Crippen LogP contribution in [0.2, 0.25) is 0 Å². The van der Waals surface area contributed by atoms with E-state index in [1.54, 1.807) is 19.0 Å². The maximum Gasteiger partial charge on any atom is 0.269 e. The van der Waals surface area contributed by atoms with Crippen LogP contribution in [0.3, 0.4) is 0 Å². The topological polar surface area (TPSA) is 237 Å². The third-order valence-electron chi connectivity index (χ3n) is 8.77. The van der Waals surface area contributed by atoms with Gasteiger partial charge >= 0.3 is 0 Å². The monoisotopic (exact) mass is 621 g/mol. The molecule has 236 valence electrons. The van der Waals surface area contributed by atoms with Gasteiger partial charge in [0, 0.05) is 49.0 Å². The highest BCUT2D eigenvalue weighted by Crippen LogP contribution is 2.54. The van der Waals surface area contributed by atoms with Crippen LogP contribution in [0.15, 0.2) is 47.2 Å². The summed E-state index contributed by atoms with van der Waals surface area (Å²) in [7, 11) is 6.40. The summed E-state index contributed by atoms with van der Waals surface area (Å²) in [5, 5.41) is 59.2. The van der Waals surface area contributed by atoms with E-state index in [1.165, 1.54) is 37.2 Å². The molecule has 2 aromatic carbocycles. The van der Waals surface area contributed by atoms with E-state index in [-0.39, 0.29) is 40.9 Å². The smallest absolute Gasteiger partial charge is 0.269 e. The second-order valence-electron chi connectivity index (χ2n) is 11.8. The van der Waals surface area contributed by atoms with Crippen LogP contribution in [-0.4, -0.2) is 93.5 Å². The van der Waals surface area contributed by atoms with Crippen molar-refractivity contribution in [3.05, 3.63) is 74.0 Å². The zero-order chi connectivity index (χ0) is 33.3. The number of carbonyl (C=O) groups excluding carboxylic acids is 4. The molecule has 0 aromatic heterocycles. The molecule has 7 N–H and O–H groups in total. The maximum atomic E-state index is 14.1. The molecule has 0 aliphatic heterocycles. The second kappa shape index (κ2) is 10.7. The summed E-state index contributed by atoms with van der Waals surface area (Å²) in [6.07, 6.45) is -0.00971. The van der Waals surface area contributed by atoms with Crippen LogP contribution in [-0.2, 0) is 20.8 Å². The van der Waals surface area contributed by atoms with E-state index in [9.17, 15) is 49.7 Å². The van der Waals surface area contributed by atoms with Gasteiger partial charge in [0.15, 0.2) is 11.4 Å². The highest BCUT2D eigenvalue weighted by Gasteiger charge is 2.64. The van der Waals surface area contributed by atoms with Gasteiger partial charge in [-0.3, -0.25) is 34.2 Å². The summed E-state index contributed by atoms with van der Waals surface area (Å²) >= 11 is 0. The molecule has 5 rings (SSSR count). The molecule has 15 nitrogen and oxygen atoms in total. The summed E-state index contributed by atoms with van der Waals surface area (Å²) in [6, 6.07) is 5.01. The first-order valence-corrected chi connectivity index (χ1v) is 13.8. The zero-order valence-electron chi connectivity index (χ0n) is 24.7. The number of fused-ring (bicyclic) bond motifs is 3. The fraction of sp³-hybridized carbons (Fsp3) is 0.333. The Hall–Kier alpha value is -5.28. The fourth-order valence-corrected chi connectivity index (χ4v) is 6.72. The summed E-state index contributed by atoms with van der Waals surface area (Å²) in [4.78, 5) is 66.0. The minimum Gasteiger partial charge on any atom is -0.508 e. The third-order valence-corrected chi connectivity index (χ3v) is 8.77. The molecule has 0 spiro atoms. The molecule has 1 fully saturated rings. The number of Topliss-reactive ketones (excluding diaryl/α,β-unsaturated/α-hetero) is 2. The Morgan fingerprint density at radius 2 is 1.71 bits per heavy atom. The number of aromatic hydroxyl groups is 1. The van der Waals surface area contributed by atoms with Gasteiger partial charge in [0.25, 0.3) is 17.5 Å². The minimum absolute atomic E-state index is 0.0392. The summed E-state index contributed by atoms with van der Waals surface area (Å²) in [5.74, 6) is -8.56. The number of likely N-dealkylation sites (N-methyl/N-ethyl adjacent to an activating group) is 1. The van der Waals surface area contributed by atoms with Crippen LogP contribution >= 0.6 is 0 Å². The SMILES string of the molecule is CN(C)c1cc(NC(=O)c2ccc([N+](=O)[O-])cc2)c(O)c2c1CC1CC3[C@H](N(C)C)C(=O)C(C(N)=O)=C(O)[C@@]3(O)C(=O)C1=C2O. The lowest BCUT2D eigenvalue weighted by molar-refractivity contribution is -0.384. The zero-order valence-corrected chi connectivity index (χ0v) is 24.7. The molecule has 1 saturated carbocycles. The van der Waals surface area contributed by atoms with Crippen LogP contribution in [0.5, 0.6) is 5.75 Å². The van der Waals surface area contributed by atoms with Gasteiger partial charge in [0.05, 0.1) is 22.2 Å². The summed E-state index contributed by atoms with van der Waals surface area (Å²) in [5.41, 5.74) is 1.67. The minimum atomic E-state index is -2.79. The lowest BCUT2D eigenvalue weighted by Crippen LogP contribution is -2.65. The number of non-ortho nitro benzene ring substituents is 1. The number of phenolic OH excluding ortho intramolecular Hbond substituents is 1. The number of amides is 2. The largest absolute Gasteiger partial charge is 0.508 e. The molecule has 4 atom stereocenters. The number of nitrogens with one attached hydrogen (secondary N) is 1. The van der Waals surface area contributed by atoms with Gasteiger partial charge in [-0.2, -0.15) is 0 Å². The number of benzene rings is 2. The highest BCUT2D eigenvalue weighted by atomic mass is 16.6. The number of nitro groups is 1. The van der Waals surface area contributed by atoms with Crippen LogP contribution in [0.4, 0.5) is 17.1 Å². The summed E-state index contributed by atoms with van der Waals surface area (Å²) in [6.45, 7) is 0. The Kier molecular flexibility index (Phi) is 7.41. The van der Waals surface area contributed by atoms with Crippen molar-refractivity contribution in [2.45, 2.75) is 24.5 Å². The van der Waals surface area contributed by atoms with Gasteiger partial charge in [0.1, 0.15) is 22.8 Å². The molecule has 2 unspecified atom stereocenters. The van der Waals surface area contributed by atoms with Crippen LogP contribution in [0, 0.1) is 22.0 Å².